The van der Waals surface area contributed by atoms with Crippen molar-refractivity contribution >= 4 is 10.0 Å². The lowest BCUT2D eigenvalue weighted by Gasteiger charge is -2.32. The molecule has 2 rings (SSSR count). The van der Waals surface area contributed by atoms with Crippen LogP contribution >= 0.6 is 0 Å². The number of sulfonamides is 1. The van der Waals surface area contributed by atoms with E-state index in [-0.39, 0.29) is 24.1 Å². The van der Waals surface area contributed by atoms with Crippen molar-refractivity contribution in [3.63, 3.8) is 0 Å². The topological polar surface area (TPSA) is 86.3 Å². The molecule has 0 saturated heterocycles. The fourth-order valence-corrected chi connectivity index (χ4v) is 4.49. The summed E-state index contributed by atoms with van der Waals surface area (Å²) in [6.07, 6.45) is 6.34. The molecule has 19 heavy (non-hydrogen) atoms. The zero-order valence-corrected chi connectivity index (χ0v) is 12.0. The first-order valence-electron chi connectivity index (χ1n) is 6.70. The van der Waals surface area contributed by atoms with Crippen molar-refractivity contribution < 1.29 is 13.5 Å². The van der Waals surface area contributed by atoms with E-state index < -0.39 is 10.0 Å². The lowest BCUT2D eigenvalue weighted by Crippen LogP contribution is -2.43. The van der Waals surface area contributed by atoms with Crippen molar-refractivity contribution in [1.82, 2.24) is 14.5 Å². The fraction of sp³-hybridized carbons (Fsp3) is 0.750. The molecule has 108 valence electrons. The third-order valence-corrected chi connectivity index (χ3v) is 5.74. The Hall–Kier alpha value is -0.920. The molecule has 1 aromatic rings. The second-order valence-corrected chi connectivity index (χ2v) is 6.85. The van der Waals surface area contributed by atoms with Gasteiger partial charge in [0.1, 0.15) is 4.90 Å². The van der Waals surface area contributed by atoms with Gasteiger partial charge in [-0.15, -0.1) is 0 Å². The van der Waals surface area contributed by atoms with Gasteiger partial charge < -0.3 is 5.11 Å². The average Bonchev–Trinajstić information content (AvgIpc) is 2.84. The van der Waals surface area contributed by atoms with Crippen LogP contribution in [-0.2, 0) is 10.0 Å². The Morgan fingerprint density at radius 1 is 1.42 bits per heavy atom. The second-order valence-electron chi connectivity index (χ2n) is 4.99. The molecule has 1 saturated carbocycles. The first-order chi connectivity index (χ1) is 9.07. The number of nitrogens with one attached hydrogen (secondary N) is 1. The van der Waals surface area contributed by atoms with Crippen molar-refractivity contribution in [2.75, 3.05) is 13.2 Å². The molecule has 1 fully saturated rings. The molecule has 0 aliphatic heterocycles. The van der Waals surface area contributed by atoms with Crippen molar-refractivity contribution in [2.24, 2.45) is 0 Å². The van der Waals surface area contributed by atoms with Crippen LogP contribution in [0, 0.1) is 6.92 Å². The highest BCUT2D eigenvalue weighted by molar-refractivity contribution is 7.89. The second kappa shape index (κ2) is 6.02. The molecule has 0 amide bonds. The third-order valence-electron chi connectivity index (χ3n) is 3.67. The summed E-state index contributed by atoms with van der Waals surface area (Å²) in [5.74, 6) is 0. The highest BCUT2D eigenvalue weighted by Crippen LogP contribution is 2.28. The van der Waals surface area contributed by atoms with E-state index in [1.165, 1.54) is 10.5 Å². The Kier molecular flexibility index (Phi) is 4.59. The minimum Gasteiger partial charge on any atom is -0.395 e. The van der Waals surface area contributed by atoms with E-state index in [2.05, 4.69) is 10.2 Å². The van der Waals surface area contributed by atoms with Gasteiger partial charge in [0, 0.05) is 12.6 Å². The van der Waals surface area contributed by atoms with Gasteiger partial charge in [-0.05, 0) is 19.8 Å². The Labute approximate surface area is 113 Å². The predicted octanol–water partition coefficient (Wildman–Crippen LogP) is 1.03. The van der Waals surface area contributed by atoms with Gasteiger partial charge in [0.25, 0.3) is 0 Å². The Bertz CT molecular complexity index is 506. The van der Waals surface area contributed by atoms with Crippen LogP contribution in [0.5, 0.6) is 0 Å². The van der Waals surface area contributed by atoms with E-state index >= 15 is 0 Å². The Morgan fingerprint density at radius 2 is 2.11 bits per heavy atom. The summed E-state index contributed by atoms with van der Waals surface area (Å²) in [6, 6.07) is 0.000185. The van der Waals surface area contributed by atoms with Gasteiger partial charge in [-0.1, -0.05) is 19.3 Å². The lowest BCUT2D eigenvalue weighted by atomic mass is 9.95. The van der Waals surface area contributed by atoms with E-state index in [0.717, 1.165) is 32.1 Å². The van der Waals surface area contributed by atoms with Crippen LogP contribution in [0.3, 0.4) is 0 Å². The third kappa shape index (κ3) is 2.98. The summed E-state index contributed by atoms with van der Waals surface area (Å²) in [7, 11) is -3.57. The summed E-state index contributed by atoms with van der Waals surface area (Å²) >= 11 is 0. The number of aromatic nitrogens is 2. The van der Waals surface area contributed by atoms with Crippen LogP contribution in [0.15, 0.2) is 11.1 Å². The molecular formula is C12H21N3O3S. The molecule has 1 heterocycles. The van der Waals surface area contributed by atoms with E-state index in [1.807, 2.05) is 0 Å². The van der Waals surface area contributed by atoms with Gasteiger partial charge in [-0.3, -0.25) is 5.10 Å². The van der Waals surface area contributed by atoms with Crippen LogP contribution in [0.25, 0.3) is 0 Å². The number of aromatic amines is 1. The monoisotopic (exact) mass is 287 g/mol. The molecule has 1 aliphatic rings. The average molecular weight is 287 g/mol. The van der Waals surface area contributed by atoms with Crippen LogP contribution < -0.4 is 0 Å². The molecule has 1 aromatic heterocycles. The molecule has 7 heteroatoms. The molecule has 0 bridgehead atoms. The largest absolute Gasteiger partial charge is 0.395 e. The highest BCUT2D eigenvalue weighted by atomic mass is 32.2. The van der Waals surface area contributed by atoms with E-state index in [1.54, 1.807) is 6.92 Å². The first-order valence-corrected chi connectivity index (χ1v) is 8.14. The zero-order chi connectivity index (χ0) is 13.9. The van der Waals surface area contributed by atoms with E-state index in [4.69, 9.17) is 5.11 Å². The standard InChI is InChI=1S/C12H21N3O3S/c1-10-12(9-13-14-10)19(17,18)15(7-8-16)11-5-3-2-4-6-11/h9,11,16H,2-8H2,1H3,(H,13,14). The van der Waals surface area contributed by atoms with Gasteiger partial charge in [0.15, 0.2) is 0 Å². The van der Waals surface area contributed by atoms with Crippen LogP contribution in [0.2, 0.25) is 0 Å². The lowest BCUT2D eigenvalue weighted by molar-refractivity contribution is 0.199. The number of aliphatic hydroxyl groups is 1. The van der Waals surface area contributed by atoms with Crippen molar-refractivity contribution in [1.29, 1.82) is 0 Å². The number of rotatable bonds is 5. The SMILES string of the molecule is Cc1[nH]ncc1S(=O)(=O)N(CCO)C1CCCCC1. The van der Waals surface area contributed by atoms with Crippen LogP contribution in [0.4, 0.5) is 0 Å². The van der Waals surface area contributed by atoms with Gasteiger partial charge in [-0.2, -0.15) is 9.40 Å². The number of hydrogen-bond donors (Lipinski definition) is 2. The molecule has 0 radical (unpaired) electrons. The summed E-state index contributed by atoms with van der Waals surface area (Å²) in [6.45, 7) is 1.68. The van der Waals surface area contributed by atoms with E-state index in [0.29, 0.717) is 5.69 Å². The maximum absolute atomic E-state index is 12.7. The number of aryl methyl sites for hydroxylation is 1. The van der Waals surface area contributed by atoms with Crippen LogP contribution in [0.1, 0.15) is 37.8 Å². The Balaban J connectivity index is 2.29. The number of nitrogens with zero attached hydrogens (tertiary/aromatic N) is 2. The molecule has 0 aromatic carbocycles. The quantitative estimate of drug-likeness (QED) is 0.847. The van der Waals surface area contributed by atoms with Gasteiger partial charge in [0.05, 0.1) is 18.5 Å². The molecule has 2 N–H and O–H groups in total. The molecule has 0 spiro atoms. The van der Waals surface area contributed by atoms with Crippen molar-refractivity contribution in [2.45, 2.75) is 50.0 Å². The summed E-state index contributed by atoms with van der Waals surface area (Å²) in [5, 5.41) is 15.6. The number of aliphatic hydroxyl groups excluding tert-OH is 1. The minimum absolute atomic E-state index is 0.000185. The molecule has 0 atom stereocenters. The summed E-state index contributed by atoms with van der Waals surface area (Å²) in [5.41, 5.74) is 0.541. The zero-order valence-electron chi connectivity index (χ0n) is 11.2. The van der Waals surface area contributed by atoms with Gasteiger partial charge >= 0.3 is 0 Å². The smallest absolute Gasteiger partial charge is 0.246 e. The Morgan fingerprint density at radius 3 is 2.63 bits per heavy atom. The predicted molar refractivity (Wildman–Crippen MR) is 71.2 cm³/mol. The number of H-pyrrole nitrogens is 1. The summed E-state index contributed by atoms with van der Waals surface area (Å²) < 4.78 is 26.8. The highest BCUT2D eigenvalue weighted by Gasteiger charge is 2.33. The maximum Gasteiger partial charge on any atom is 0.246 e. The molecular weight excluding hydrogens is 266 g/mol. The number of hydrogen-bond acceptors (Lipinski definition) is 4. The van der Waals surface area contributed by atoms with Crippen molar-refractivity contribution in [3.8, 4) is 0 Å². The molecule has 0 unspecified atom stereocenters. The van der Waals surface area contributed by atoms with Crippen LogP contribution in [-0.4, -0.2) is 47.2 Å². The van der Waals surface area contributed by atoms with Gasteiger partial charge in [0.2, 0.25) is 10.0 Å². The molecule has 6 nitrogen and oxygen atoms in total. The van der Waals surface area contributed by atoms with Crippen molar-refractivity contribution in [3.05, 3.63) is 11.9 Å². The van der Waals surface area contributed by atoms with E-state index in [9.17, 15) is 8.42 Å². The van der Waals surface area contributed by atoms with Gasteiger partial charge in [-0.25, -0.2) is 8.42 Å². The molecule has 1 aliphatic carbocycles. The maximum atomic E-state index is 12.7. The minimum atomic E-state index is -3.57. The first kappa shape index (κ1) is 14.5. The normalized spacial score (nSPS) is 18.1. The summed E-state index contributed by atoms with van der Waals surface area (Å²) in [4.78, 5) is 0.214. The fourth-order valence-electron chi connectivity index (χ4n) is 2.69.